The van der Waals surface area contributed by atoms with E-state index in [2.05, 4.69) is 5.32 Å². The maximum atomic E-state index is 11.5. The summed E-state index contributed by atoms with van der Waals surface area (Å²) in [6, 6.07) is 7.09. The van der Waals surface area contributed by atoms with Crippen molar-refractivity contribution in [1.29, 1.82) is 0 Å². The molecule has 1 unspecified atom stereocenters. The maximum absolute atomic E-state index is 11.5. The van der Waals surface area contributed by atoms with E-state index in [4.69, 9.17) is 27.1 Å². The molecule has 0 aromatic heterocycles. The molecule has 1 amide bonds. The van der Waals surface area contributed by atoms with Crippen LogP contribution in [0.1, 0.15) is 32.4 Å². The highest BCUT2D eigenvalue weighted by Crippen LogP contribution is 2.19. The minimum atomic E-state index is -0.542. The quantitative estimate of drug-likeness (QED) is 0.835. The molecule has 1 aromatic carbocycles. The molecule has 5 nitrogen and oxygen atoms in total. The van der Waals surface area contributed by atoms with Crippen LogP contribution in [0.4, 0.5) is 4.79 Å². The average molecular weight is 287 g/mol. The topological polar surface area (TPSA) is 73.6 Å². The van der Waals surface area contributed by atoms with Crippen molar-refractivity contribution in [3.05, 3.63) is 34.9 Å². The van der Waals surface area contributed by atoms with E-state index in [1.54, 1.807) is 39.0 Å². The molecule has 6 heteroatoms. The number of halogens is 1. The molecule has 0 aliphatic rings. The van der Waals surface area contributed by atoms with Crippen molar-refractivity contribution in [1.82, 2.24) is 5.32 Å². The van der Waals surface area contributed by atoms with Gasteiger partial charge >= 0.3 is 6.09 Å². The molecule has 0 bridgehead atoms. The first-order chi connectivity index (χ1) is 8.81. The Bertz CT molecular complexity index is 432. The van der Waals surface area contributed by atoms with Crippen LogP contribution in [0.3, 0.4) is 0 Å². The molecule has 0 saturated heterocycles. The van der Waals surface area contributed by atoms with Crippen LogP contribution < -0.4 is 11.2 Å². The number of nitrogens with one attached hydrogen (secondary N) is 1. The zero-order chi connectivity index (χ0) is 14.5. The molecular formula is C13H19ClN2O3. The Morgan fingerprint density at radius 2 is 2.16 bits per heavy atom. The third-order valence-electron chi connectivity index (χ3n) is 2.22. The van der Waals surface area contributed by atoms with Gasteiger partial charge in [-0.05, 0) is 38.5 Å². The number of alkyl carbamates (subject to hydrolysis) is 1. The zero-order valence-corrected chi connectivity index (χ0v) is 12.0. The molecule has 3 N–H and O–H groups in total. The van der Waals surface area contributed by atoms with Crippen LogP contribution in [0.5, 0.6) is 0 Å². The molecule has 0 saturated carbocycles. The van der Waals surface area contributed by atoms with Gasteiger partial charge in [0.25, 0.3) is 0 Å². The lowest BCUT2D eigenvalue weighted by molar-refractivity contribution is 0.0341. The summed E-state index contributed by atoms with van der Waals surface area (Å²) in [4.78, 5) is 16.4. The zero-order valence-electron chi connectivity index (χ0n) is 11.3. The van der Waals surface area contributed by atoms with Crippen molar-refractivity contribution in [2.75, 3.05) is 6.54 Å². The normalized spacial score (nSPS) is 12.9. The summed E-state index contributed by atoms with van der Waals surface area (Å²) in [6.45, 7) is 5.58. The smallest absolute Gasteiger partial charge is 0.407 e. The predicted octanol–water partition coefficient (Wildman–Crippen LogP) is 2.80. The fourth-order valence-electron chi connectivity index (χ4n) is 1.44. The molecule has 0 heterocycles. The molecule has 0 aliphatic heterocycles. The Balaban J connectivity index is 2.56. The fraction of sp³-hybridized carbons (Fsp3) is 0.462. The van der Waals surface area contributed by atoms with Gasteiger partial charge in [-0.1, -0.05) is 23.7 Å². The second-order valence-corrected chi connectivity index (χ2v) is 5.50. The van der Waals surface area contributed by atoms with E-state index in [1.807, 2.05) is 6.07 Å². The van der Waals surface area contributed by atoms with Gasteiger partial charge < -0.3 is 10.1 Å². The first kappa shape index (κ1) is 15.8. The number of hydrogen-bond acceptors (Lipinski definition) is 4. The molecule has 0 spiro atoms. The van der Waals surface area contributed by atoms with Crippen LogP contribution in [0, 0.1) is 0 Å². The van der Waals surface area contributed by atoms with Crippen LogP contribution in [0.15, 0.2) is 24.3 Å². The Labute approximate surface area is 118 Å². The SMILES string of the molecule is CC(C)(C)OC(=O)NCC(ON)c1cccc(Cl)c1. The molecule has 0 radical (unpaired) electrons. The van der Waals surface area contributed by atoms with Crippen LogP contribution in [-0.2, 0) is 9.57 Å². The summed E-state index contributed by atoms with van der Waals surface area (Å²) in [6.07, 6.45) is -0.997. The van der Waals surface area contributed by atoms with E-state index in [9.17, 15) is 4.79 Å². The minimum absolute atomic E-state index is 0.200. The molecular weight excluding hydrogens is 268 g/mol. The maximum Gasteiger partial charge on any atom is 0.407 e. The van der Waals surface area contributed by atoms with Crippen LogP contribution in [0.2, 0.25) is 5.02 Å². The molecule has 1 aromatic rings. The lowest BCUT2D eigenvalue weighted by Gasteiger charge is -2.21. The number of amides is 1. The largest absolute Gasteiger partial charge is 0.444 e. The molecule has 19 heavy (non-hydrogen) atoms. The summed E-state index contributed by atoms with van der Waals surface area (Å²) in [5.41, 5.74) is 0.241. The van der Waals surface area contributed by atoms with Crippen molar-refractivity contribution in [3.63, 3.8) is 0 Å². The number of hydrogen-bond donors (Lipinski definition) is 2. The highest BCUT2D eigenvalue weighted by molar-refractivity contribution is 6.30. The third kappa shape index (κ3) is 5.92. The lowest BCUT2D eigenvalue weighted by Crippen LogP contribution is -2.35. The molecule has 1 atom stereocenters. The van der Waals surface area contributed by atoms with Gasteiger partial charge in [-0.25, -0.2) is 10.7 Å². The van der Waals surface area contributed by atoms with Crippen molar-refractivity contribution in [2.24, 2.45) is 5.90 Å². The van der Waals surface area contributed by atoms with Gasteiger partial charge in [-0.3, -0.25) is 4.84 Å². The van der Waals surface area contributed by atoms with Gasteiger partial charge in [-0.15, -0.1) is 0 Å². The number of carbonyl (C=O) groups excluding carboxylic acids is 1. The van der Waals surface area contributed by atoms with E-state index in [1.165, 1.54) is 0 Å². The molecule has 1 rings (SSSR count). The van der Waals surface area contributed by atoms with E-state index in [0.717, 1.165) is 5.56 Å². The Morgan fingerprint density at radius 1 is 1.47 bits per heavy atom. The standard InChI is InChI=1S/C13H19ClN2O3/c1-13(2,3)18-12(17)16-8-11(19-15)9-5-4-6-10(14)7-9/h4-7,11H,8,15H2,1-3H3,(H,16,17). The minimum Gasteiger partial charge on any atom is -0.444 e. The fourth-order valence-corrected chi connectivity index (χ4v) is 1.64. The van der Waals surface area contributed by atoms with Crippen molar-refractivity contribution in [3.8, 4) is 0 Å². The van der Waals surface area contributed by atoms with Crippen LogP contribution in [-0.4, -0.2) is 18.2 Å². The summed E-state index contributed by atoms with van der Waals surface area (Å²) in [5, 5.41) is 3.18. The van der Waals surface area contributed by atoms with Crippen LogP contribution in [0.25, 0.3) is 0 Å². The lowest BCUT2D eigenvalue weighted by atomic mass is 10.1. The van der Waals surface area contributed by atoms with Crippen LogP contribution >= 0.6 is 11.6 Å². The highest BCUT2D eigenvalue weighted by atomic mass is 35.5. The van der Waals surface area contributed by atoms with Gasteiger partial charge in [0.1, 0.15) is 11.7 Å². The number of carbonyl (C=O) groups is 1. The number of benzene rings is 1. The van der Waals surface area contributed by atoms with E-state index in [0.29, 0.717) is 5.02 Å². The second kappa shape index (κ2) is 6.75. The molecule has 0 aliphatic carbocycles. The van der Waals surface area contributed by atoms with Gasteiger partial charge in [-0.2, -0.15) is 0 Å². The van der Waals surface area contributed by atoms with Crippen molar-refractivity contribution < 1.29 is 14.4 Å². The van der Waals surface area contributed by atoms with Gasteiger partial charge in [0.2, 0.25) is 0 Å². The number of rotatable bonds is 4. The summed E-state index contributed by atoms with van der Waals surface area (Å²) in [5.74, 6) is 5.23. The Hall–Kier alpha value is -1.30. The first-order valence-corrected chi connectivity index (χ1v) is 6.27. The average Bonchev–Trinajstić information content (AvgIpc) is 2.27. The molecule has 0 fully saturated rings. The summed E-state index contributed by atoms with van der Waals surface area (Å²) in [7, 11) is 0. The van der Waals surface area contributed by atoms with Gasteiger partial charge in [0, 0.05) is 5.02 Å². The first-order valence-electron chi connectivity index (χ1n) is 5.89. The third-order valence-corrected chi connectivity index (χ3v) is 2.45. The van der Waals surface area contributed by atoms with E-state index in [-0.39, 0.29) is 6.54 Å². The number of ether oxygens (including phenoxy) is 1. The molecule has 106 valence electrons. The summed E-state index contributed by atoms with van der Waals surface area (Å²) >= 11 is 5.89. The van der Waals surface area contributed by atoms with Crippen molar-refractivity contribution >= 4 is 17.7 Å². The van der Waals surface area contributed by atoms with Crippen molar-refractivity contribution in [2.45, 2.75) is 32.5 Å². The highest BCUT2D eigenvalue weighted by Gasteiger charge is 2.18. The Morgan fingerprint density at radius 3 is 2.68 bits per heavy atom. The van der Waals surface area contributed by atoms with Gasteiger partial charge in [0.05, 0.1) is 6.54 Å². The summed E-state index contributed by atoms with van der Waals surface area (Å²) < 4.78 is 5.12. The second-order valence-electron chi connectivity index (χ2n) is 5.06. The van der Waals surface area contributed by atoms with Gasteiger partial charge in [0.15, 0.2) is 0 Å². The Kier molecular flexibility index (Phi) is 5.60. The number of nitrogens with two attached hydrogens (primary N) is 1. The predicted molar refractivity (Wildman–Crippen MR) is 73.7 cm³/mol. The van der Waals surface area contributed by atoms with E-state index < -0.39 is 17.8 Å². The monoisotopic (exact) mass is 286 g/mol. The van der Waals surface area contributed by atoms with E-state index >= 15 is 0 Å².